The average Bonchev–Trinajstić information content (AvgIpc) is 2.29. The van der Waals surface area contributed by atoms with Gasteiger partial charge in [0, 0.05) is 16.1 Å². The van der Waals surface area contributed by atoms with Crippen molar-refractivity contribution in [3.63, 3.8) is 0 Å². The predicted molar refractivity (Wildman–Crippen MR) is 70.3 cm³/mol. The first kappa shape index (κ1) is 12.5. The molecule has 0 atom stereocenters. The molecule has 0 N–H and O–H groups in total. The van der Waals surface area contributed by atoms with Gasteiger partial charge in [-0.05, 0) is 25.5 Å². The van der Waals surface area contributed by atoms with Gasteiger partial charge in [-0.15, -0.1) is 0 Å². The second-order valence-electron chi connectivity index (χ2n) is 4.33. The van der Waals surface area contributed by atoms with E-state index in [0.29, 0.717) is 13.4 Å². The first-order valence-electron chi connectivity index (χ1n) is 5.91. The predicted octanol–water partition coefficient (Wildman–Crippen LogP) is 4.41. The SMILES string of the molecule is CCC/C(C)=C/c1cc(Cl)cc2c1OCOC2. The molecule has 0 bridgehead atoms. The summed E-state index contributed by atoms with van der Waals surface area (Å²) in [7, 11) is 0. The van der Waals surface area contributed by atoms with Crippen LogP contribution in [0.4, 0.5) is 0 Å². The van der Waals surface area contributed by atoms with Gasteiger partial charge < -0.3 is 9.47 Å². The summed E-state index contributed by atoms with van der Waals surface area (Å²) >= 11 is 6.10. The molecule has 0 radical (unpaired) electrons. The van der Waals surface area contributed by atoms with Crippen LogP contribution in [-0.2, 0) is 11.3 Å². The third kappa shape index (κ3) is 3.02. The van der Waals surface area contributed by atoms with Crippen molar-refractivity contribution in [1.29, 1.82) is 0 Å². The maximum atomic E-state index is 6.10. The van der Waals surface area contributed by atoms with Gasteiger partial charge in [-0.25, -0.2) is 0 Å². The Kier molecular flexibility index (Phi) is 4.08. The van der Waals surface area contributed by atoms with Gasteiger partial charge in [0.25, 0.3) is 0 Å². The van der Waals surface area contributed by atoms with Crippen molar-refractivity contribution in [3.8, 4) is 5.75 Å². The van der Waals surface area contributed by atoms with Crippen LogP contribution in [0.2, 0.25) is 5.02 Å². The molecule has 1 heterocycles. The lowest BCUT2D eigenvalue weighted by Gasteiger charge is -2.20. The highest BCUT2D eigenvalue weighted by atomic mass is 35.5. The molecule has 3 heteroatoms. The minimum Gasteiger partial charge on any atom is -0.467 e. The van der Waals surface area contributed by atoms with E-state index in [1.165, 1.54) is 5.57 Å². The van der Waals surface area contributed by atoms with E-state index in [1.54, 1.807) is 0 Å². The van der Waals surface area contributed by atoms with Crippen molar-refractivity contribution >= 4 is 17.7 Å². The third-order valence-corrected chi connectivity index (χ3v) is 2.97. The normalized spacial score (nSPS) is 15.4. The Balaban J connectivity index is 2.39. The van der Waals surface area contributed by atoms with Gasteiger partial charge in [0.2, 0.25) is 0 Å². The zero-order valence-electron chi connectivity index (χ0n) is 10.3. The summed E-state index contributed by atoms with van der Waals surface area (Å²) in [6, 6.07) is 3.85. The van der Waals surface area contributed by atoms with Crippen LogP contribution >= 0.6 is 11.6 Å². The van der Waals surface area contributed by atoms with Crippen molar-refractivity contribution in [2.24, 2.45) is 0 Å². The maximum absolute atomic E-state index is 6.10. The summed E-state index contributed by atoms with van der Waals surface area (Å²) in [4.78, 5) is 0. The first-order chi connectivity index (χ1) is 8.20. The first-order valence-corrected chi connectivity index (χ1v) is 6.28. The molecule has 2 nitrogen and oxygen atoms in total. The van der Waals surface area contributed by atoms with Crippen LogP contribution in [0.5, 0.6) is 5.75 Å². The van der Waals surface area contributed by atoms with Crippen molar-refractivity contribution in [2.45, 2.75) is 33.3 Å². The number of ether oxygens (including phenoxy) is 2. The Morgan fingerprint density at radius 3 is 3.06 bits per heavy atom. The topological polar surface area (TPSA) is 18.5 Å². The molecule has 1 aliphatic rings. The second kappa shape index (κ2) is 5.56. The number of fused-ring (bicyclic) bond motifs is 1. The van der Waals surface area contributed by atoms with Crippen molar-refractivity contribution in [3.05, 3.63) is 33.9 Å². The number of benzene rings is 1. The van der Waals surface area contributed by atoms with Crippen LogP contribution < -0.4 is 4.74 Å². The summed E-state index contributed by atoms with van der Waals surface area (Å²) < 4.78 is 10.8. The van der Waals surface area contributed by atoms with E-state index in [2.05, 4.69) is 19.9 Å². The number of hydrogen-bond acceptors (Lipinski definition) is 2. The highest BCUT2D eigenvalue weighted by molar-refractivity contribution is 6.30. The van der Waals surface area contributed by atoms with E-state index < -0.39 is 0 Å². The Morgan fingerprint density at radius 1 is 1.47 bits per heavy atom. The van der Waals surface area contributed by atoms with Crippen LogP contribution in [-0.4, -0.2) is 6.79 Å². The number of hydrogen-bond donors (Lipinski definition) is 0. The zero-order chi connectivity index (χ0) is 12.3. The largest absolute Gasteiger partial charge is 0.467 e. The molecule has 0 amide bonds. The molecule has 92 valence electrons. The molecule has 1 aromatic rings. The summed E-state index contributed by atoms with van der Waals surface area (Å²) in [5.74, 6) is 0.913. The Labute approximate surface area is 107 Å². The van der Waals surface area contributed by atoms with E-state index in [9.17, 15) is 0 Å². The summed E-state index contributed by atoms with van der Waals surface area (Å²) in [5.41, 5.74) is 3.42. The standard InChI is InChI=1S/C14H17ClO2/c1-3-4-10(2)5-11-6-13(15)7-12-8-16-9-17-14(11)12/h5-7H,3-4,8-9H2,1-2H3/b10-5+. The van der Waals surface area contributed by atoms with E-state index in [0.717, 1.165) is 34.7 Å². The molecule has 1 aromatic carbocycles. The molecule has 0 aromatic heterocycles. The molecule has 0 fully saturated rings. The minimum absolute atomic E-state index is 0.322. The molecule has 0 spiro atoms. The van der Waals surface area contributed by atoms with E-state index in [-0.39, 0.29) is 0 Å². The lowest BCUT2D eigenvalue weighted by atomic mass is 10.0. The number of allylic oxidation sites excluding steroid dienone is 1. The summed E-state index contributed by atoms with van der Waals surface area (Å²) in [6.45, 7) is 5.21. The molecule has 0 saturated carbocycles. The van der Waals surface area contributed by atoms with Gasteiger partial charge in [-0.3, -0.25) is 0 Å². The van der Waals surface area contributed by atoms with Crippen LogP contribution in [0.1, 0.15) is 37.8 Å². The fraction of sp³-hybridized carbons (Fsp3) is 0.429. The van der Waals surface area contributed by atoms with E-state index in [4.69, 9.17) is 21.1 Å². The lowest BCUT2D eigenvalue weighted by molar-refractivity contribution is -0.0165. The third-order valence-electron chi connectivity index (χ3n) is 2.75. The van der Waals surface area contributed by atoms with Crippen LogP contribution in [0, 0.1) is 0 Å². The Morgan fingerprint density at radius 2 is 2.29 bits per heavy atom. The van der Waals surface area contributed by atoms with Gasteiger partial charge in [0.15, 0.2) is 6.79 Å². The maximum Gasteiger partial charge on any atom is 0.189 e. The van der Waals surface area contributed by atoms with Gasteiger partial charge in [-0.1, -0.05) is 36.6 Å². The Bertz CT molecular complexity index is 438. The monoisotopic (exact) mass is 252 g/mol. The number of halogens is 1. The molecule has 0 aliphatic carbocycles. The van der Waals surface area contributed by atoms with Crippen LogP contribution in [0.15, 0.2) is 17.7 Å². The van der Waals surface area contributed by atoms with Gasteiger partial charge in [0.1, 0.15) is 5.75 Å². The fourth-order valence-corrected chi connectivity index (χ4v) is 2.30. The Hall–Kier alpha value is -0.990. The summed E-state index contributed by atoms with van der Waals surface area (Å²) in [6.07, 6.45) is 4.40. The van der Waals surface area contributed by atoms with Gasteiger partial charge >= 0.3 is 0 Å². The van der Waals surface area contributed by atoms with E-state index >= 15 is 0 Å². The molecule has 2 rings (SSSR count). The molecule has 17 heavy (non-hydrogen) atoms. The smallest absolute Gasteiger partial charge is 0.189 e. The van der Waals surface area contributed by atoms with Gasteiger partial charge in [0.05, 0.1) is 6.61 Å². The lowest BCUT2D eigenvalue weighted by Crippen LogP contribution is -2.12. The van der Waals surface area contributed by atoms with Crippen LogP contribution in [0.3, 0.4) is 0 Å². The highest BCUT2D eigenvalue weighted by Crippen LogP contribution is 2.33. The fourth-order valence-electron chi connectivity index (χ4n) is 2.05. The van der Waals surface area contributed by atoms with Crippen molar-refractivity contribution in [1.82, 2.24) is 0 Å². The number of rotatable bonds is 3. The minimum atomic E-state index is 0.322. The van der Waals surface area contributed by atoms with Crippen molar-refractivity contribution < 1.29 is 9.47 Å². The molecular weight excluding hydrogens is 236 g/mol. The van der Waals surface area contributed by atoms with E-state index in [1.807, 2.05) is 12.1 Å². The zero-order valence-corrected chi connectivity index (χ0v) is 11.0. The molecular formula is C14H17ClO2. The molecule has 0 saturated heterocycles. The molecule has 0 unspecified atom stereocenters. The van der Waals surface area contributed by atoms with Gasteiger partial charge in [-0.2, -0.15) is 0 Å². The van der Waals surface area contributed by atoms with Crippen LogP contribution in [0.25, 0.3) is 6.08 Å². The van der Waals surface area contributed by atoms with Crippen molar-refractivity contribution in [2.75, 3.05) is 6.79 Å². The summed E-state index contributed by atoms with van der Waals surface area (Å²) in [5, 5.41) is 0.730. The molecule has 1 aliphatic heterocycles. The average molecular weight is 253 g/mol. The second-order valence-corrected chi connectivity index (χ2v) is 4.77. The highest BCUT2D eigenvalue weighted by Gasteiger charge is 2.15. The quantitative estimate of drug-likeness (QED) is 0.793.